The van der Waals surface area contributed by atoms with E-state index in [1.54, 1.807) is 0 Å². The zero-order valence-corrected chi connectivity index (χ0v) is 10.4. The van der Waals surface area contributed by atoms with E-state index in [0.717, 1.165) is 18.4 Å². The predicted molar refractivity (Wildman–Crippen MR) is 63.5 cm³/mol. The molecule has 1 rings (SSSR count). The van der Waals surface area contributed by atoms with Crippen molar-refractivity contribution < 1.29 is 0 Å². The van der Waals surface area contributed by atoms with Crippen LogP contribution in [-0.2, 0) is 0 Å². The molecule has 1 nitrogen and oxygen atoms in total. The Kier molecular flexibility index (Phi) is 4.43. The van der Waals surface area contributed by atoms with Gasteiger partial charge >= 0.3 is 0 Å². The number of nitrogens with one attached hydrogen (secondary N) is 1. The van der Waals surface area contributed by atoms with Gasteiger partial charge in [0.1, 0.15) is 0 Å². The maximum atomic E-state index is 3.69. The van der Waals surface area contributed by atoms with Crippen LogP contribution in [0.25, 0.3) is 0 Å². The van der Waals surface area contributed by atoms with Crippen LogP contribution in [0.2, 0.25) is 0 Å². The zero-order valence-electron chi connectivity index (χ0n) is 10.4. The number of rotatable bonds is 7. The maximum Gasteiger partial charge on any atom is 0.0213 e. The summed E-state index contributed by atoms with van der Waals surface area (Å²) in [5, 5.41) is 3.69. The molecule has 0 radical (unpaired) electrons. The van der Waals surface area contributed by atoms with Gasteiger partial charge in [-0.05, 0) is 31.2 Å². The summed E-state index contributed by atoms with van der Waals surface area (Å²) in [4.78, 5) is 0. The van der Waals surface area contributed by atoms with E-state index in [4.69, 9.17) is 0 Å². The molecule has 0 aromatic rings. The lowest BCUT2D eigenvalue weighted by molar-refractivity contribution is 0.351. The Hall–Kier alpha value is -0.0400. The van der Waals surface area contributed by atoms with Crippen molar-refractivity contribution in [2.75, 3.05) is 6.54 Å². The molecule has 0 heterocycles. The second-order valence-corrected chi connectivity index (χ2v) is 5.24. The van der Waals surface area contributed by atoms with Crippen LogP contribution in [-0.4, -0.2) is 12.1 Å². The van der Waals surface area contributed by atoms with Gasteiger partial charge in [-0.1, -0.05) is 47.0 Å². The lowest BCUT2D eigenvalue weighted by Gasteiger charge is -2.22. The third kappa shape index (κ3) is 2.98. The molecule has 0 spiro atoms. The van der Waals surface area contributed by atoms with Crippen LogP contribution in [0.15, 0.2) is 0 Å². The van der Waals surface area contributed by atoms with Gasteiger partial charge < -0.3 is 5.32 Å². The van der Waals surface area contributed by atoms with E-state index < -0.39 is 0 Å². The van der Waals surface area contributed by atoms with Crippen LogP contribution < -0.4 is 5.32 Å². The van der Waals surface area contributed by atoms with Gasteiger partial charge in [-0.2, -0.15) is 0 Å². The minimum Gasteiger partial charge on any atom is -0.311 e. The first-order valence-electron chi connectivity index (χ1n) is 6.39. The molecule has 0 aromatic heterocycles. The van der Waals surface area contributed by atoms with Crippen molar-refractivity contribution in [3.8, 4) is 0 Å². The minimum atomic E-state index is 0.530. The van der Waals surface area contributed by atoms with E-state index in [0.29, 0.717) is 5.54 Å². The van der Waals surface area contributed by atoms with Crippen molar-refractivity contribution in [1.82, 2.24) is 5.32 Å². The van der Waals surface area contributed by atoms with Crippen molar-refractivity contribution >= 4 is 0 Å². The first-order valence-corrected chi connectivity index (χ1v) is 6.39. The molecule has 1 aliphatic rings. The molecule has 0 amide bonds. The third-order valence-corrected chi connectivity index (χ3v) is 3.75. The number of hydrogen-bond donors (Lipinski definition) is 1. The van der Waals surface area contributed by atoms with Crippen molar-refractivity contribution in [3.05, 3.63) is 0 Å². The fourth-order valence-electron chi connectivity index (χ4n) is 2.72. The molecule has 14 heavy (non-hydrogen) atoms. The lowest BCUT2D eigenvalue weighted by atomic mass is 9.93. The van der Waals surface area contributed by atoms with Gasteiger partial charge in [0.05, 0.1) is 0 Å². The van der Waals surface area contributed by atoms with Gasteiger partial charge in [-0.15, -0.1) is 0 Å². The molecule has 1 unspecified atom stereocenters. The van der Waals surface area contributed by atoms with Crippen molar-refractivity contribution in [2.24, 2.45) is 11.8 Å². The molecule has 1 heteroatoms. The number of hydrogen-bond acceptors (Lipinski definition) is 1. The Bertz CT molecular complexity index is 167. The highest BCUT2D eigenvalue weighted by Gasteiger charge is 2.50. The van der Waals surface area contributed by atoms with E-state index in [-0.39, 0.29) is 0 Å². The van der Waals surface area contributed by atoms with Crippen LogP contribution in [0.4, 0.5) is 0 Å². The van der Waals surface area contributed by atoms with Gasteiger partial charge in [0.15, 0.2) is 0 Å². The van der Waals surface area contributed by atoms with Gasteiger partial charge in [0, 0.05) is 5.54 Å². The summed E-state index contributed by atoms with van der Waals surface area (Å²) in [6.07, 6.45) is 6.95. The molecule has 1 aliphatic carbocycles. The number of unbranched alkanes of at least 4 members (excludes halogenated alkanes) is 1. The molecule has 0 saturated heterocycles. The highest BCUT2D eigenvalue weighted by molar-refractivity contribution is 5.08. The minimum absolute atomic E-state index is 0.530. The van der Waals surface area contributed by atoms with Crippen LogP contribution in [0.1, 0.15) is 59.8 Å². The highest BCUT2D eigenvalue weighted by atomic mass is 15.0. The summed E-state index contributed by atoms with van der Waals surface area (Å²) in [5.74, 6) is 1.81. The highest BCUT2D eigenvalue weighted by Crippen LogP contribution is 2.47. The second-order valence-electron chi connectivity index (χ2n) is 5.24. The quantitative estimate of drug-likeness (QED) is 0.657. The molecule has 0 aromatic carbocycles. The molecule has 0 aliphatic heterocycles. The molecule has 3 atom stereocenters. The maximum absolute atomic E-state index is 3.69. The average molecular weight is 197 g/mol. The van der Waals surface area contributed by atoms with Crippen molar-refractivity contribution in [2.45, 2.75) is 65.3 Å². The fourth-order valence-corrected chi connectivity index (χ4v) is 2.72. The summed E-state index contributed by atoms with van der Waals surface area (Å²) in [5.41, 5.74) is 0.530. The largest absolute Gasteiger partial charge is 0.311 e. The molecular weight excluding hydrogens is 170 g/mol. The second kappa shape index (κ2) is 5.16. The van der Waals surface area contributed by atoms with Crippen LogP contribution in [0, 0.1) is 11.8 Å². The predicted octanol–water partition coefficient (Wildman–Crippen LogP) is 3.59. The van der Waals surface area contributed by atoms with Gasteiger partial charge in [-0.3, -0.25) is 0 Å². The SMILES string of the molecule is CCCCC(C)C[C@]1(NCC)C[C@@H]1C. The Morgan fingerprint density at radius 1 is 1.43 bits per heavy atom. The first-order chi connectivity index (χ1) is 6.64. The zero-order chi connectivity index (χ0) is 10.6. The standard InChI is InChI=1S/C13H27N/c1-5-7-8-11(3)9-13(14-6-2)10-12(13)4/h11-12,14H,5-10H2,1-4H3/t11?,12-,13-/m0/s1. The summed E-state index contributed by atoms with van der Waals surface area (Å²) in [6.45, 7) is 10.4. The van der Waals surface area contributed by atoms with E-state index in [1.165, 1.54) is 32.1 Å². The van der Waals surface area contributed by atoms with E-state index in [1.807, 2.05) is 0 Å². The third-order valence-electron chi connectivity index (χ3n) is 3.75. The van der Waals surface area contributed by atoms with E-state index in [9.17, 15) is 0 Å². The Morgan fingerprint density at radius 2 is 2.07 bits per heavy atom. The van der Waals surface area contributed by atoms with Crippen LogP contribution in [0.3, 0.4) is 0 Å². The monoisotopic (exact) mass is 197 g/mol. The topological polar surface area (TPSA) is 12.0 Å². The fraction of sp³-hybridized carbons (Fsp3) is 1.00. The van der Waals surface area contributed by atoms with Gasteiger partial charge in [0.2, 0.25) is 0 Å². The Labute approximate surface area is 89.7 Å². The smallest absolute Gasteiger partial charge is 0.0213 e. The summed E-state index contributed by atoms with van der Waals surface area (Å²) in [6, 6.07) is 0. The van der Waals surface area contributed by atoms with Crippen LogP contribution >= 0.6 is 0 Å². The van der Waals surface area contributed by atoms with Crippen molar-refractivity contribution in [3.63, 3.8) is 0 Å². The first kappa shape index (κ1) is 12.0. The van der Waals surface area contributed by atoms with E-state index >= 15 is 0 Å². The van der Waals surface area contributed by atoms with E-state index in [2.05, 4.69) is 33.0 Å². The Morgan fingerprint density at radius 3 is 2.50 bits per heavy atom. The summed E-state index contributed by atoms with van der Waals surface area (Å²) < 4.78 is 0. The molecule has 1 fully saturated rings. The Balaban J connectivity index is 2.27. The molecule has 0 bridgehead atoms. The van der Waals surface area contributed by atoms with Gasteiger partial charge in [-0.25, -0.2) is 0 Å². The molecule has 1 N–H and O–H groups in total. The molecule has 84 valence electrons. The normalized spacial score (nSPS) is 33.0. The van der Waals surface area contributed by atoms with Crippen LogP contribution in [0.5, 0.6) is 0 Å². The lowest BCUT2D eigenvalue weighted by Crippen LogP contribution is -2.34. The molecule has 1 saturated carbocycles. The van der Waals surface area contributed by atoms with Gasteiger partial charge in [0.25, 0.3) is 0 Å². The summed E-state index contributed by atoms with van der Waals surface area (Å²) >= 11 is 0. The molecular formula is C13H27N. The average Bonchev–Trinajstić information content (AvgIpc) is 2.73. The van der Waals surface area contributed by atoms with Crippen molar-refractivity contribution in [1.29, 1.82) is 0 Å². The summed E-state index contributed by atoms with van der Waals surface area (Å²) in [7, 11) is 0.